The summed E-state index contributed by atoms with van der Waals surface area (Å²) in [4.78, 5) is 32.8. The first-order valence-corrected chi connectivity index (χ1v) is 6.67. The van der Waals surface area contributed by atoms with Gasteiger partial charge in [-0.2, -0.15) is 0 Å². The summed E-state index contributed by atoms with van der Waals surface area (Å²) in [5.74, 6) is 0.642. The number of aldehydes is 1. The minimum atomic E-state index is -0.626. The van der Waals surface area contributed by atoms with Crippen molar-refractivity contribution in [2.75, 3.05) is 11.6 Å². The summed E-state index contributed by atoms with van der Waals surface area (Å²) < 4.78 is 5.03. The minimum absolute atomic E-state index is 0.134. The molecule has 2 amide bonds. The standard InChI is InChI=1S/C11H20N2O4S/c1-8(15)12-7-18-6-9(5-14)13-10(16)17-11(2,3)4/h5,9H,6-7H2,1-4H3,(H,12,15)(H,13,16). The molecule has 18 heavy (non-hydrogen) atoms. The topological polar surface area (TPSA) is 84.5 Å². The highest BCUT2D eigenvalue weighted by Crippen LogP contribution is 2.07. The van der Waals surface area contributed by atoms with E-state index in [1.165, 1.54) is 18.7 Å². The Kier molecular flexibility index (Phi) is 7.42. The van der Waals surface area contributed by atoms with Crippen LogP contribution < -0.4 is 10.6 Å². The Hall–Kier alpha value is -1.24. The van der Waals surface area contributed by atoms with Crippen molar-refractivity contribution >= 4 is 30.0 Å². The number of amides is 2. The van der Waals surface area contributed by atoms with Crippen molar-refractivity contribution in [1.82, 2.24) is 10.6 Å². The molecular weight excluding hydrogens is 256 g/mol. The third-order valence-electron chi connectivity index (χ3n) is 1.59. The van der Waals surface area contributed by atoms with Gasteiger partial charge in [-0.3, -0.25) is 4.79 Å². The molecular formula is C11H20N2O4S. The summed E-state index contributed by atoms with van der Waals surface area (Å²) in [7, 11) is 0. The van der Waals surface area contributed by atoms with Gasteiger partial charge in [0.1, 0.15) is 11.9 Å². The fraction of sp³-hybridized carbons (Fsp3) is 0.727. The van der Waals surface area contributed by atoms with E-state index in [-0.39, 0.29) is 5.91 Å². The molecule has 1 unspecified atom stereocenters. The molecule has 0 saturated carbocycles. The Morgan fingerprint density at radius 3 is 2.44 bits per heavy atom. The number of rotatable bonds is 6. The molecule has 0 aromatic rings. The molecule has 0 aromatic carbocycles. The molecule has 0 aliphatic heterocycles. The van der Waals surface area contributed by atoms with E-state index in [4.69, 9.17) is 4.74 Å². The predicted molar refractivity (Wildman–Crippen MR) is 70.4 cm³/mol. The molecule has 0 aromatic heterocycles. The van der Waals surface area contributed by atoms with Crippen molar-refractivity contribution in [2.45, 2.75) is 39.3 Å². The molecule has 1 atom stereocenters. The van der Waals surface area contributed by atoms with Crippen LogP contribution in [0.1, 0.15) is 27.7 Å². The van der Waals surface area contributed by atoms with Crippen LogP contribution in [0, 0.1) is 0 Å². The van der Waals surface area contributed by atoms with E-state index in [1.54, 1.807) is 20.8 Å². The molecule has 6 nitrogen and oxygen atoms in total. The fourth-order valence-electron chi connectivity index (χ4n) is 0.912. The zero-order valence-corrected chi connectivity index (χ0v) is 11.9. The number of nitrogens with one attached hydrogen (secondary N) is 2. The molecule has 0 aliphatic rings. The predicted octanol–water partition coefficient (Wildman–Crippen LogP) is 0.905. The maximum atomic E-state index is 11.4. The van der Waals surface area contributed by atoms with E-state index in [0.29, 0.717) is 17.9 Å². The fourth-order valence-corrected chi connectivity index (χ4v) is 1.75. The lowest BCUT2D eigenvalue weighted by molar-refractivity contribution is -0.118. The number of carbonyl (C=O) groups excluding carboxylic acids is 3. The lowest BCUT2D eigenvalue weighted by atomic mass is 10.2. The Labute approximate surface area is 111 Å². The number of ether oxygens (including phenoxy) is 1. The lowest BCUT2D eigenvalue weighted by Crippen LogP contribution is -2.41. The first kappa shape index (κ1) is 16.8. The number of alkyl carbamates (subject to hydrolysis) is 1. The molecule has 0 bridgehead atoms. The van der Waals surface area contributed by atoms with Gasteiger partial charge in [0.05, 0.1) is 11.9 Å². The van der Waals surface area contributed by atoms with Crippen LogP contribution >= 0.6 is 11.8 Å². The van der Waals surface area contributed by atoms with Crippen molar-refractivity contribution in [2.24, 2.45) is 0 Å². The van der Waals surface area contributed by atoms with Gasteiger partial charge < -0.3 is 20.2 Å². The first-order valence-electron chi connectivity index (χ1n) is 5.51. The van der Waals surface area contributed by atoms with Gasteiger partial charge in [0.2, 0.25) is 5.91 Å². The second-order valence-corrected chi connectivity index (χ2v) is 5.67. The Morgan fingerprint density at radius 2 is 2.00 bits per heavy atom. The van der Waals surface area contributed by atoms with Crippen molar-refractivity contribution in [3.05, 3.63) is 0 Å². The lowest BCUT2D eigenvalue weighted by Gasteiger charge is -2.21. The highest BCUT2D eigenvalue weighted by molar-refractivity contribution is 7.99. The van der Waals surface area contributed by atoms with Crippen LogP contribution in [-0.2, 0) is 14.3 Å². The summed E-state index contributed by atoms with van der Waals surface area (Å²) in [6.07, 6.45) is 0.0183. The quantitative estimate of drug-likeness (QED) is 0.428. The Bertz CT molecular complexity index is 302. The van der Waals surface area contributed by atoms with Gasteiger partial charge in [-0.25, -0.2) is 4.79 Å². The molecule has 0 saturated heterocycles. The number of hydrogen-bond acceptors (Lipinski definition) is 5. The third kappa shape index (κ3) is 9.95. The average Bonchev–Trinajstić information content (AvgIpc) is 2.19. The highest BCUT2D eigenvalue weighted by Gasteiger charge is 2.19. The van der Waals surface area contributed by atoms with Gasteiger partial charge >= 0.3 is 6.09 Å². The van der Waals surface area contributed by atoms with E-state index >= 15 is 0 Å². The van der Waals surface area contributed by atoms with Gasteiger partial charge in [0, 0.05) is 12.7 Å². The second kappa shape index (κ2) is 7.97. The van der Waals surface area contributed by atoms with Crippen molar-refractivity contribution < 1.29 is 19.1 Å². The number of thioether (sulfide) groups is 1. The van der Waals surface area contributed by atoms with Crippen molar-refractivity contribution in [1.29, 1.82) is 0 Å². The molecule has 0 heterocycles. The molecule has 104 valence electrons. The average molecular weight is 276 g/mol. The van der Waals surface area contributed by atoms with Crippen LogP contribution in [0.3, 0.4) is 0 Å². The highest BCUT2D eigenvalue weighted by atomic mass is 32.2. The molecule has 0 radical (unpaired) electrons. The van der Waals surface area contributed by atoms with Gasteiger partial charge in [-0.15, -0.1) is 11.8 Å². The molecule has 2 N–H and O–H groups in total. The Morgan fingerprint density at radius 1 is 1.39 bits per heavy atom. The molecule has 0 rings (SSSR count). The normalized spacial score (nSPS) is 12.4. The Balaban J connectivity index is 3.93. The zero-order chi connectivity index (χ0) is 14.2. The molecule has 0 fully saturated rings. The van der Waals surface area contributed by atoms with Gasteiger partial charge in [0.25, 0.3) is 0 Å². The number of carbonyl (C=O) groups is 3. The van der Waals surface area contributed by atoms with Gasteiger partial charge in [0.15, 0.2) is 0 Å². The van der Waals surface area contributed by atoms with E-state index in [1.807, 2.05) is 0 Å². The maximum absolute atomic E-state index is 11.4. The second-order valence-electron chi connectivity index (χ2n) is 4.64. The van der Waals surface area contributed by atoms with Crippen LogP contribution in [0.4, 0.5) is 4.79 Å². The van der Waals surface area contributed by atoms with Crippen molar-refractivity contribution in [3.8, 4) is 0 Å². The molecule has 0 aliphatic carbocycles. The zero-order valence-electron chi connectivity index (χ0n) is 11.1. The molecule has 7 heteroatoms. The van der Waals surface area contributed by atoms with Crippen LogP contribution in [0.25, 0.3) is 0 Å². The van der Waals surface area contributed by atoms with E-state index in [9.17, 15) is 14.4 Å². The maximum Gasteiger partial charge on any atom is 0.408 e. The van der Waals surface area contributed by atoms with E-state index in [2.05, 4.69) is 10.6 Å². The van der Waals surface area contributed by atoms with Crippen molar-refractivity contribution in [3.63, 3.8) is 0 Å². The summed E-state index contributed by atoms with van der Waals surface area (Å²) >= 11 is 1.34. The van der Waals surface area contributed by atoms with E-state index < -0.39 is 17.7 Å². The van der Waals surface area contributed by atoms with Gasteiger partial charge in [-0.1, -0.05) is 0 Å². The van der Waals surface area contributed by atoms with Gasteiger partial charge in [-0.05, 0) is 20.8 Å². The van der Waals surface area contributed by atoms with Crippen LogP contribution in [-0.4, -0.2) is 41.6 Å². The van der Waals surface area contributed by atoms with E-state index in [0.717, 1.165) is 0 Å². The summed E-state index contributed by atoms with van der Waals surface area (Å²) in [5, 5.41) is 5.03. The van der Waals surface area contributed by atoms with Crippen LogP contribution in [0.15, 0.2) is 0 Å². The smallest absolute Gasteiger partial charge is 0.408 e. The van der Waals surface area contributed by atoms with Crippen LogP contribution in [0.2, 0.25) is 0 Å². The van der Waals surface area contributed by atoms with Crippen LogP contribution in [0.5, 0.6) is 0 Å². The largest absolute Gasteiger partial charge is 0.444 e. The SMILES string of the molecule is CC(=O)NCSCC(C=O)NC(=O)OC(C)(C)C. The number of hydrogen-bond donors (Lipinski definition) is 2. The monoisotopic (exact) mass is 276 g/mol. The summed E-state index contributed by atoms with van der Waals surface area (Å²) in [5.41, 5.74) is -0.596. The summed E-state index contributed by atoms with van der Waals surface area (Å²) in [6.45, 7) is 6.65. The molecule has 0 spiro atoms. The first-order chi connectivity index (χ1) is 8.24. The minimum Gasteiger partial charge on any atom is -0.444 e. The third-order valence-corrected chi connectivity index (χ3v) is 2.53. The summed E-state index contributed by atoms with van der Waals surface area (Å²) in [6, 6.07) is -0.626.